The van der Waals surface area contributed by atoms with Crippen LogP contribution in [0.1, 0.15) is 12.5 Å². The number of hydrogen-bond donors (Lipinski definition) is 2. The Morgan fingerprint density at radius 1 is 1.20 bits per heavy atom. The molecule has 114 valence electrons. The van der Waals surface area contributed by atoms with E-state index in [2.05, 4.69) is 10.0 Å². The number of alkyl halides is 3. The minimum Gasteiger partial charge on any atom is -0.316 e. The Balaban J connectivity index is 2.96. The summed E-state index contributed by atoms with van der Waals surface area (Å²) in [6.07, 6.45) is -4.95. The number of likely N-dealkylation sites (N-methyl/N-ethyl adjacent to an activating group) is 1. The molecule has 0 fully saturated rings. The van der Waals surface area contributed by atoms with Gasteiger partial charge in [-0.15, -0.1) is 0 Å². The van der Waals surface area contributed by atoms with E-state index in [0.29, 0.717) is 19.2 Å². The number of nitrogens with one attached hydrogen (secondary N) is 2. The fraction of sp³-hybridized carbons (Fsp3) is 0.455. The molecule has 0 atom stereocenters. The predicted octanol–water partition coefficient (Wildman–Crippen LogP) is 1.73. The predicted molar refractivity (Wildman–Crippen MR) is 65.1 cm³/mol. The third-order valence-electron chi connectivity index (χ3n) is 2.40. The molecule has 0 heterocycles. The highest BCUT2D eigenvalue weighted by molar-refractivity contribution is 7.89. The highest BCUT2D eigenvalue weighted by Gasteiger charge is 2.35. The first-order chi connectivity index (χ1) is 9.18. The molecular weight excluding hydrogens is 300 g/mol. The van der Waals surface area contributed by atoms with Crippen LogP contribution in [-0.4, -0.2) is 28.1 Å². The minimum atomic E-state index is -4.95. The first-order valence-electron chi connectivity index (χ1n) is 5.75. The maximum absolute atomic E-state index is 13.1. The monoisotopic (exact) mass is 314 g/mol. The number of hydrogen-bond acceptors (Lipinski definition) is 3. The third-order valence-corrected chi connectivity index (χ3v) is 3.86. The van der Waals surface area contributed by atoms with Crippen molar-refractivity contribution in [1.82, 2.24) is 10.0 Å². The van der Waals surface area contributed by atoms with Crippen LogP contribution in [0.5, 0.6) is 0 Å². The smallest absolute Gasteiger partial charge is 0.316 e. The second-order valence-corrected chi connectivity index (χ2v) is 5.66. The Morgan fingerprint density at radius 3 is 2.40 bits per heavy atom. The van der Waals surface area contributed by atoms with E-state index in [0.717, 1.165) is 6.07 Å². The molecule has 0 radical (unpaired) electrons. The number of sulfonamides is 1. The fourth-order valence-electron chi connectivity index (χ4n) is 1.42. The zero-order valence-electron chi connectivity index (χ0n) is 10.6. The molecule has 0 amide bonds. The van der Waals surface area contributed by atoms with Crippen LogP contribution in [0.15, 0.2) is 23.1 Å². The van der Waals surface area contributed by atoms with E-state index in [1.807, 2.05) is 6.92 Å². The normalized spacial score (nSPS) is 12.7. The average Bonchev–Trinajstić information content (AvgIpc) is 2.33. The molecule has 0 aliphatic heterocycles. The largest absolute Gasteiger partial charge is 0.419 e. The van der Waals surface area contributed by atoms with Gasteiger partial charge in [0.2, 0.25) is 10.0 Å². The molecule has 0 bridgehead atoms. The highest BCUT2D eigenvalue weighted by atomic mass is 32.2. The van der Waals surface area contributed by atoms with E-state index in [1.54, 1.807) is 0 Å². The van der Waals surface area contributed by atoms with E-state index >= 15 is 0 Å². The van der Waals surface area contributed by atoms with Crippen molar-refractivity contribution in [3.63, 3.8) is 0 Å². The van der Waals surface area contributed by atoms with Crippen LogP contribution in [-0.2, 0) is 16.2 Å². The molecule has 1 aromatic carbocycles. The summed E-state index contributed by atoms with van der Waals surface area (Å²) in [6.45, 7) is 2.82. The van der Waals surface area contributed by atoms with Crippen molar-refractivity contribution in [3.8, 4) is 0 Å². The molecule has 20 heavy (non-hydrogen) atoms. The van der Waals surface area contributed by atoms with Crippen LogP contribution in [0.25, 0.3) is 0 Å². The fourth-order valence-corrected chi connectivity index (χ4v) is 2.48. The minimum absolute atomic E-state index is 0.0227. The van der Waals surface area contributed by atoms with E-state index in [-0.39, 0.29) is 12.6 Å². The Kier molecular flexibility index (Phi) is 5.49. The van der Waals surface area contributed by atoms with E-state index < -0.39 is 32.5 Å². The summed E-state index contributed by atoms with van der Waals surface area (Å²) in [7, 11) is -4.10. The lowest BCUT2D eigenvalue weighted by atomic mass is 10.2. The first kappa shape index (κ1) is 16.9. The van der Waals surface area contributed by atoms with Crippen molar-refractivity contribution in [2.75, 3.05) is 19.6 Å². The van der Waals surface area contributed by atoms with E-state index in [1.165, 1.54) is 0 Å². The summed E-state index contributed by atoms with van der Waals surface area (Å²) in [4.78, 5) is -0.622. The summed E-state index contributed by atoms with van der Waals surface area (Å²) in [5, 5.41) is 2.85. The van der Waals surface area contributed by atoms with Crippen molar-refractivity contribution in [3.05, 3.63) is 29.6 Å². The molecular formula is C11H14F4N2O2S. The van der Waals surface area contributed by atoms with Gasteiger partial charge in [0, 0.05) is 13.1 Å². The van der Waals surface area contributed by atoms with Gasteiger partial charge in [-0.2, -0.15) is 13.2 Å². The Bertz CT molecular complexity index is 558. The maximum atomic E-state index is 13.1. The SMILES string of the molecule is CCNCCNS(=O)(=O)c1ccc(F)c(C(F)(F)F)c1. The average molecular weight is 314 g/mol. The van der Waals surface area contributed by atoms with E-state index in [4.69, 9.17) is 0 Å². The van der Waals surface area contributed by atoms with Crippen LogP contribution in [0, 0.1) is 5.82 Å². The molecule has 0 saturated carbocycles. The molecule has 0 unspecified atom stereocenters. The second kappa shape index (κ2) is 6.51. The van der Waals surface area contributed by atoms with Gasteiger partial charge in [0.05, 0.1) is 10.5 Å². The van der Waals surface area contributed by atoms with Crippen LogP contribution < -0.4 is 10.0 Å². The van der Waals surface area contributed by atoms with Crippen molar-refractivity contribution in [2.45, 2.75) is 18.0 Å². The quantitative estimate of drug-likeness (QED) is 0.621. The summed E-state index contributed by atoms with van der Waals surface area (Å²) in [6, 6.07) is 1.56. The summed E-state index contributed by atoms with van der Waals surface area (Å²) >= 11 is 0. The van der Waals surface area contributed by atoms with Crippen LogP contribution in [0.3, 0.4) is 0 Å². The summed E-state index contributed by atoms with van der Waals surface area (Å²) in [5.74, 6) is -1.51. The first-order valence-corrected chi connectivity index (χ1v) is 7.24. The molecule has 0 aliphatic rings. The molecule has 2 N–H and O–H groups in total. The van der Waals surface area contributed by atoms with Gasteiger partial charge in [-0.25, -0.2) is 17.5 Å². The molecule has 0 aliphatic carbocycles. The van der Waals surface area contributed by atoms with Crippen molar-refractivity contribution in [1.29, 1.82) is 0 Å². The van der Waals surface area contributed by atoms with Gasteiger partial charge in [0.25, 0.3) is 0 Å². The van der Waals surface area contributed by atoms with Crippen LogP contribution >= 0.6 is 0 Å². The van der Waals surface area contributed by atoms with Crippen LogP contribution in [0.2, 0.25) is 0 Å². The van der Waals surface area contributed by atoms with Gasteiger partial charge < -0.3 is 5.32 Å². The maximum Gasteiger partial charge on any atom is 0.419 e. The molecule has 4 nitrogen and oxygen atoms in total. The second-order valence-electron chi connectivity index (χ2n) is 3.89. The Labute approximate surface area is 114 Å². The summed E-state index contributed by atoms with van der Waals surface area (Å²) < 4.78 is 76.2. The molecule has 0 saturated heterocycles. The van der Waals surface area contributed by atoms with Crippen molar-refractivity contribution >= 4 is 10.0 Å². The van der Waals surface area contributed by atoms with Gasteiger partial charge in [0.1, 0.15) is 5.82 Å². The molecule has 1 aromatic rings. The lowest BCUT2D eigenvalue weighted by Crippen LogP contribution is -2.32. The number of benzene rings is 1. The van der Waals surface area contributed by atoms with E-state index in [9.17, 15) is 26.0 Å². The third kappa shape index (κ3) is 4.43. The van der Waals surface area contributed by atoms with Gasteiger partial charge in [-0.05, 0) is 24.7 Å². The summed E-state index contributed by atoms with van der Waals surface area (Å²) in [5.41, 5.74) is -1.60. The lowest BCUT2D eigenvalue weighted by molar-refractivity contribution is -0.140. The standard InChI is InChI=1S/C11H14F4N2O2S/c1-2-16-5-6-17-20(18,19)8-3-4-10(12)9(7-8)11(13,14)15/h3-4,7,16-17H,2,5-6H2,1H3. The molecule has 9 heteroatoms. The molecule has 0 aromatic heterocycles. The van der Waals surface area contributed by atoms with Crippen molar-refractivity contribution < 1.29 is 26.0 Å². The molecule has 0 spiro atoms. The van der Waals surface area contributed by atoms with Crippen molar-refractivity contribution in [2.24, 2.45) is 0 Å². The lowest BCUT2D eigenvalue weighted by Gasteiger charge is -2.11. The van der Waals surface area contributed by atoms with Gasteiger partial charge in [-0.3, -0.25) is 0 Å². The highest BCUT2D eigenvalue weighted by Crippen LogP contribution is 2.32. The zero-order valence-corrected chi connectivity index (χ0v) is 11.4. The Morgan fingerprint density at radius 2 is 1.85 bits per heavy atom. The molecule has 1 rings (SSSR count). The Hall–Kier alpha value is -1.19. The van der Waals surface area contributed by atoms with Crippen LogP contribution in [0.4, 0.5) is 17.6 Å². The topological polar surface area (TPSA) is 58.2 Å². The van der Waals surface area contributed by atoms with Gasteiger partial charge >= 0.3 is 6.18 Å². The van der Waals surface area contributed by atoms with Gasteiger partial charge in [0.15, 0.2) is 0 Å². The number of rotatable bonds is 6. The zero-order chi connectivity index (χ0) is 15.4. The van der Waals surface area contributed by atoms with Gasteiger partial charge in [-0.1, -0.05) is 6.92 Å². The number of halogens is 4.